The quantitative estimate of drug-likeness (QED) is 0.827. The van der Waals surface area contributed by atoms with Crippen molar-refractivity contribution in [1.82, 2.24) is 10.2 Å². The number of carbonyl (C=O) groups is 2. The third-order valence-electron chi connectivity index (χ3n) is 3.78. The molecule has 1 aliphatic heterocycles. The minimum absolute atomic E-state index is 0.0231. The average molecular weight is 325 g/mol. The van der Waals surface area contributed by atoms with Gasteiger partial charge < -0.3 is 15.0 Å². The number of hydrogen-bond acceptors (Lipinski definition) is 3. The normalized spacial score (nSPS) is 17.8. The van der Waals surface area contributed by atoms with Crippen LogP contribution in [0.4, 0.5) is 0 Å². The van der Waals surface area contributed by atoms with Crippen LogP contribution >= 0.6 is 11.6 Å². The maximum absolute atomic E-state index is 12.1. The van der Waals surface area contributed by atoms with Crippen molar-refractivity contribution in [1.29, 1.82) is 0 Å². The minimum atomic E-state index is -0.255. The molecule has 1 atom stereocenters. The van der Waals surface area contributed by atoms with Gasteiger partial charge in [-0.3, -0.25) is 9.59 Å². The topological polar surface area (TPSA) is 58.6 Å². The second-order valence-corrected chi connectivity index (χ2v) is 5.84. The van der Waals surface area contributed by atoms with Gasteiger partial charge in [-0.25, -0.2) is 0 Å². The summed E-state index contributed by atoms with van der Waals surface area (Å²) in [5.74, 6) is -0.285. The SMILES string of the molecule is COCCN1CC(C(=O)NCCc2ccc(Cl)cc2)CC1=O. The van der Waals surface area contributed by atoms with Crippen LogP contribution in [0.2, 0.25) is 5.02 Å². The lowest BCUT2D eigenvalue weighted by Crippen LogP contribution is -2.34. The number of hydrogen-bond donors (Lipinski definition) is 1. The Morgan fingerprint density at radius 1 is 1.41 bits per heavy atom. The van der Waals surface area contributed by atoms with E-state index in [2.05, 4.69) is 5.32 Å². The summed E-state index contributed by atoms with van der Waals surface area (Å²) in [5, 5.41) is 3.61. The molecule has 6 heteroatoms. The fraction of sp³-hybridized carbons (Fsp3) is 0.500. The molecular weight excluding hydrogens is 304 g/mol. The van der Waals surface area contributed by atoms with Gasteiger partial charge in [-0.1, -0.05) is 23.7 Å². The van der Waals surface area contributed by atoms with Crippen molar-refractivity contribution in [3.05, 3.63) is 34.9 Å². The zero-order valence-corrected chi connectivity index (χ0v) is 13.4. The van der Waals surface area contributed by atoms with Crippen molar-refractivity contribution in [2.75, 3.05) is 33.4 Å². The minimum Gasteiger partial charge on any atom is -0.383 e. The Balaban J connectivity index is 1.73. The van der Waals surface area contributed by atoms with Gasteiger partial charge in [-0.05, 0) is 24.1 Å². The zero-order valence-electron chi connectivity index (χ0n) is 12.7. The van der Waals surface area contributed by atoms with Crippen LogP contribution in [0.1, 0.15) is 12.0 Å². The molecule has 1 heterocycles. The number of amides is 2. The van der Waals surface area contributed by atoms with Gasteiger partial charge >= 0.3 is 0 Å². The van der Waals surface area contributed by atoms with E-state index in [1.807, 2.05) is 24.3 Å². The first-order chi connectivity index (χ1) is 10.6. The Hall–Kier alpha value is -1.59. The second kappa shape index (κ2) is 8.15. The van der Waals surface area contributed by atoms with E-state index < -0.39 is 0 Å². The van der Waals surface area contributed by atoms with E-state index in [0.717, 1.165) is 12.0 Å². The first kappa shape index (κ1) is 16.8. The summed E-state index contributed by atoms with van der Waals surface area (Å²) in [6.07, 6.45) is 1.04. The van der Waals surface area contributed by atoms with Crippen LogP contribution in [0, 0.1) is 5.92 Å². The number of likely N-dealkylation sites (tertiary alicyclic amines) is 1. The van der Waals surface area contributed by atoms with E-state index in [4.69, 9.17) is 16.3 Å². The van der Waals surface area contributed by atoms with E-state index >= 15 is 0 Å². The van der Waals surface area contributed by atoms with Crippen LogP contribution in [-0.4, -0.2) is 50.1 Å². The molecule has 2 amide bonds. The molecule has 0 bridgehead atoms. The Kier molecular flexibility index (Phi) is 6.21. The number of benzene rings is 1. The highest BCUT2D eigenvalue weighted by Gasteiger charge is 2.33. The predicted molar refractivity (Wildman–Crippen MR) is 84.7 cm³/mol. The van der Waals surface area contributed by atoms with Gasteiger partial charge in [0.05, 0.1) is 12.5 Å². The number of ether oxygens (including phenoxy) is 1. The summed E-state index contributed by atoms with van der Waals surface area (Å²) in [6, 6.07) is 7.56. The van der Waals surface area contributed by atoms with Gasteiger partial charge in [0.1, 0.15) is 0 Å². The molecule has 0 aliphatic carbocycles. The number of halogens is 1. The summed E-state index contributed by atoms with van der Waals surface area (Å²) in [5.41, 5.74) is 1.12. The third kappa shape index (κ3) is 4.71. The Morgan fingerprint density at radius 3 is 2.82 bits per heavy atom. The van der Waals surface area contributed by atoms with Gasteiger partial charge in [-0.2, -0.15) is 0 Å². The van der Waals surface area contributed by atoms with Crippen LogP contribution in [-0.2, 0) is 20.7 Å². The molecule has 1 aromatic carbocycles. The lowest BCUT2D eigenvalue weighted by molar-refractivity contribution is -0.129. The smallest absolute Gasteiger partial charge is 0.225 e. The summed E-state index contributed by atoms with van der Waals surface area (Å²) in [6.45, 7) is 2.08. The van der Waals surface area contributed by atoms with Crippen molar-refractivity contribution in [3.8, 4) is 0 Å². The standard InChI is InChI=1S/C16H21ClN2O3/c1-22-9-8-19-11-13(10-15(19)20)16(21)18-7-6-12-2-4-14(17)5-3-12/h2-5,13H,6-11H2,1H3,(H,18,21). The maximum Gasteiger partial charge on any atom is 0.225 e. The molecule has 1 aliphatic rings. The van der Waals surface area contributed by atoms with Crippen molar-refractivity contribution in [2.45, 2.75) is 12.8 Å². The van der Waals surface area contributed by atoms with Crippen LogP contribution in [0.3, 0.4) is 0 Å². The van der Waals surface area contributed by atoms with Crippen molar-refractivity contribution in [3.63, 3.8) is 0 Å². The molecule has 0 radical (unpaired) electrons. The Morgan fingerprint density at radius 2 is 2.14 bits per heavy atom. The van der Waals surface area contributed by atoms with Gasteiger partial charge in [0, 0.05) is 38.2 Å². The highest BCUT2D eigenvalue weighted by Crippen LogP contribution is 2.17. The van der Waals surface area contributed by atoms with E-state index in [0.29, 0.717) is 31.3 Å². The van der Waals surface area contributed by atoms with Gasteiger partial charge in [-0.15, -0.1) is 0 Å². The molecule has 1 aromatic rings. The lowest BCUT2D eigenvalue weighted by Gasteiger charge is -2.15. The predicted octanol–water partition coefficient (Wildman–Crippen LogP) is 1.49. The number of rotatable bonds is 7. The summed E-state index contributed by atoms with van der Waals surface area (Å²) in [4.78, 5) is 25.6. The highest BCUT2D eigenvalue weighted by atomic mass is 35.5. The highest BCUT2D eigenvalue weighted by molar-refractivity contribution is 6.30. The van der Waals surface area contributed by atoms with E-state index in [-0.39, 0.29) is 24.2 Å². The molecule has 22 heavy (non-hydrogen) atoms. The summed E-state index contributed by atoms with van der Waals surface area (Å²) >= 11 is 5.83. The third-order valence-corrected chi connectivity index (χ3v) is 4.03. The van der Waals surface area contributed by atoms with Gasteiger partial charge in [0.25, 0.3) is 0 Å². The largest absolute Gasteiger partial charge is 0.383 e. The molecule has 120 valence electrons. The Bertz CT molecular complexity index is 519. The van der Waals surface area contributed by atoms with Crippen molar-refractivity contribution < 1.29 is 14.3 Å². The van der Waals surface area contributed by atoms with E-state index in [1.54, 1.807) is 12.0 Å². The molecule has 5 nitrogen and oxygen atoms in total. The number of carbonyl (C=O) groups excluding carboxylic acids is 2. The van der Waals surface area contributed by atoms with Gasteiger partial charge in [0.15, 0.2) is 0 Å². The van der Waals surface area contributed by atoms with Crippen molar-refractivity contribution in [2.24, 2.45) is 5.92 Å². The monoisotopic (exact) mass is 324 g/mol. The molecule has 1 N–H and O–H groups in total. The molecule has 0 spiro atoms. The van der Waals surface area contributed by atoms with Crippen molar-refractivity contribution >= 4 is 23.4 Å². The first-order valence-corrected chi connectivity index (χ1v) is 7.77. The summed E-state index contributed by atoms with van der Waals surface area (Å²) in [7, 11) is 1.60. The summed E-state index contributed by atoms with van der Waals surface area (Å²) < 4.78 is 4.97. The van der Waals surface area contributed by atoms with Crippen LogP contribution in [0.25, 0.3) is 0 Å². The zero-order chi connectivity index (χ0) is 15.9. The molecule has 0 aromatic heterocycles. The maximum atomic E-state index is 12.1. The molecule has 1 fully saturated rings. The molecule has 1 unspecified atom stereocenters. The Labute approximate surface area is 135 Å². The first-order valence-electron chi connectivity index (χ1n) is 7.39. The van der Waals surface area contributed by atoms with E-state index in [1.165, 1.54) is 0 Å². The molecule has 0 saturated carbocycles. The molecular formula is C16H21ClN2O3. The number of nitrogens with one attached hydrogen (secondary N) is 1. The molecule has 2 rings (SSSR count). The number of nitrogens with zero attached hydrogens (tertiary/aromatic N) is 1. The van der Waals surface area contributed by atoms with Crippen LogP contribution in [0.5, 0.6) is 0 Å². The fourth-order valence-electron chi connectivity index (χ4n) is 2.49. The average Bonchev–Trinajstić information content (AvgIpc) is 2.88. The number of methoxy groups -OCH3 is 1. The van der Waals surface area contributed by atoms with Crippen LogP contribution in [0.15, 0.2) is 24.3 Å². The lowest BCUT2D eigenvalue weighted by atomic mass is 10.1. The van der Waals surface area contributed by atoms with Crippen LogP contribution < -0.4 is 5.32 Å². The van der Waals surface area contributed by atoms with Gasteiger partial charge in [0.2, 0.25) is 11.8 Å². The fourth-order valence-corrected chi connectivity index (χ4v) is 2.62. The van der Waals surface area contributed by atoms with E-state index in [9.17, 15) is 9.59 Å². The second-order valence-electron chi connectivity index (χ2n) is 5.40. The molecule has 1 saturated heterocycles.